The van der Waals surface area contributed by atoms with Crippen LogP contribution in [-0.2, 0) is 11.2 Å². The molecule has 0 atom stereocenters. The minimum absolute atomic E-state index is 0.0989. The van der Waals surface area contributed by atoms with Crippen molar-refractivity contribution < 1.29 is 18.6 Å². The fourth-order valence-electron chi connectivity index (χ4n) is 3.67. The van der Waals surface area contributed by atoms with E-state index in [4.69, 9.17) is 25.8 Å². The highest BCUT2D eigenvalue weighted by Gasteiger charge is 2.14. The molecule has 0 saturated carbocycles. The first kappa shape index (κ1) is 21.7. The maximum Gasteiger partial charge on any atom is 0.162 e. The minimum atomic E-state index is -0.435. The molecule has 1 aromatic heterocycles. The number of morpholine rings is 1. The van der Waals surface area contributed by atoms with Gasteiger partial charge >= 0.3 is 0 Å². The third kappa shape index (κ3) is 5.42. The maximum atomic E-state index is 13.5. The first-order valence-corrected chi connectivity index (χ1v) is 10.7. The van der Waals surface area contributed by atoms with Crippen molar-refractivity contribution in [3.63, 3.8) is 0 Å². The van der Waals surface area contributed by atoms with Crippen molar-refractivity contribution >= 4 is 22.5 Å². The molecule has 3 aromatic rings. The van der Waals surface area contributed by atoms with Gasteiger partial charge in [-0.05, 0) is 30.2 Å². The van der Waals surface area contributed by atoms with E-state index in [-0.39, 0.29) is 5.02 Å². The molecule has 1 aliphatic rings. The summed E-state index contributed by atoms with van der Waals surface area (Å²) >= 11 is 5.94. The second-order valence-electron chi connectivity index (χ2n) is 7.42. The van der Waals surface area contributed by atoms with Crippen LogP contribution in [-0.4, -0.2) is 61.4 Å². The van der Waals surface area contributed by atoms with E-state index < -0.39 is 5.82 Å². The van der Waals surface area contributed by atoms with E-state index in [1.165, 1.54) is 12.4 Å². The number of halogens is 2. The summed E-state index contributed by atoms with van der Waals surface area (Å²) in [6, 6.07) is 8.48. The van der Waals surface area contributed by atoms with Crippen molar-refractivity contribution in [3.05, 3.63) is 58.8 Å². The molecule has 31 heavy (non-hydrogen) atoms. The summed E-state index contributed by atoms with van der Waals surface area (Å²) in [5.74, 6) is 0.856. The number of aromatic nitrogens is 2. The number of fused-ring (bicyclic) bond motifs is 1. The van der Waals surface area contributed by atoms with Gasteiger partial charge in [-0.1, -0.05) is 17.7 Å². The smallest absolute Gasteiger partial charge is 0.162 e. The van der Waals surface area contributed by atoms with Gasteiger partial charge in [0.05, 0.1) is 43.2 Å². The van der Waals surface area contributed by atoms with Crippen molar-refractivity contribution in [3.8, 4) is 11.5 Å². The molecule has 4 rings (SSSR count). The predicted octanol–water partition coefficient (Wildman–Crippen LogP) is 4.12. The first-order chi connectivity index (χ1) is 15.1. The van der Waals surface area contributed by atoms with E-state index in [2.05, 4.69) is 14.9 Å². The fourth-order valence-corrected chi connectivity index (χ4v) is 3.87. The largest absolute Gasteiger partial charge is 0.493 e. The Hall–Kier alpha value is -2.48. The van der Waals surface area contributed by atoms with Crippen molar-refractivity contribution in [2.45, 2.75) is 12.8 Å². The third-order valence-corrected chi connectivity index (χ3v) is 5.63. The van der Waals surface area contributed by atoms with Crippen LogP contribution in [0, 0.1) is 5.82 Å². The van der Waals surface area contributed by atoms with E-state index >= 15 is 0 Å². The second-order valence-corrected chi connectivity index (χ2v) is 7.83. The van der Waals surface area contributed by atoms with Gasteiger partial charge in [0.15, 0.2) is 11.5 Å². The molecule has 8 heteroatoms. The number of hydrogen-bond acceptors (Lipinski definition) is 6. The molecule has 1 aliphatic heterocycles. The Kier molecular flexibility index (Phi) is 7.17. The fraction of sp³-hybridized carbons (Fsp3) is 0.391. The van der Waals surface area contributed by atoms with E-state index in [0.717, 1.165) is 61.4 Å². The van der Waals surface area contributed by atoms with Gasteiger partial charge in [-0.15, -0.1) is 0 Å². The van der Waals surface area contributed by atoms with Gasteiger partial charge in [0.2, 0.25) is 0 Å². The van der Waals surface area contributed by atoms with Crippen LogP contribution in [0.2, 0.25) is 5.02 Å². The predicted molar refractivity (Wildman–Crippen MR) is 118 cm³/mol. The Morgan fingerprint density at radius 1 is 1.13 bits per heavy atom. The van der Waals surface area contributed by atoms with Crippen LogP contribution in [0.25, 0.3) is 10.9 Å². The third-order valence-electron chi connectivity index (χ3n) is 5.34. The molecule has 0 radical (unpaired) electrons. The monoisotopic (exact) mass is 445 g/mol. The lowest BCUT2D eigenvalue weighted by Gasteiger charge is -2.26. The lowest BCUT2D eigenvalue weighted by atomic mass is 10.1. The zero-order valence-corrected chi connectivity index (χ0v) is 18.2. The van der Waals surface area contributed by atoms with Crippen molar-refractivity contribution in [1.29, 1.82) is 0 Å². The minimum Gasteiger partial charge on any atom is -0.493 e. The normalized spacial score (nSPS) is 14.7. The number of rotatable bonds is 8. The van der Waals surface area contributed by atoms with Crippen LogP contribution in [0.5, 0.6) is 11.5 Å². The molecular weight excluding hydrogens is 421 g/mol. The molecule has 6 nitrogen and oxygen atoms in total. The van der Waals surface area contributed by atoms with Gasteiger partial charge in [0.1, 0.15) is 12.1 Å². The van der Waals surface area contributed by atoms with E-state index in [0.29, 0.717) is 24.5 Å². The molecule has 0 bridgehead atoms. The summed E-state index contributed by atoms with van der Waals surface area (Å²) in [5.41, 5.74) is 2.44. The van der Waals surface area contributed by atoms with Crippen LogP contribution in [0.15, 0.2) is 36.7 Å². The van der Waals surface area contributed by atoms with Gasteiger partial charge < -0.3 is 14.2 Å². The summed E-state index contributed by atoms with van der Waals surface area (Å²) in [6.45, 7) is 5.07. The summed E-state index contributed by atoms with van der Waals surface area (Å²) in [5, 5.41) is 0.966. The number of benzene rings is 2. The molecule has 0 amide bonds. The molecule has 0 unspecified atom stereocenters. The first-order valence-electron chi connectivity index (χ1n) is 10.3. The number of methoxy groups -OCH3 is 1. The number of hydrogen-bond donors (Lipinski definition) is 0. The summed E-state index contributed by atoms with van der Waals surface area (Å²) in [4.78, 5) is 11.2. The van der Waals surface area contributed by atoms with Crippen LogP contribution < -0.4 is 9.47 Å². The molecule has 1 saturated heterocycles. The maximum absolute atomic E-state index is 13.5. The Morgan fingerprint density at radius 2 is 1.97 bits per heavy atom. The molecular formula is C23H25ClFN3O3. The van der Waals surface area contributed by atoms with Gasteiger partial charge in [-0.2, -0.15) is 0 Å². The summed E-state index contributed by atoms with van der Waals surface area (Å²) < 4.78 is 30.5. The van der Waals surface area contributed by atoms with Gasteiger partial charge in [-0.3, -0.25) is 4.90 Å². The lowest BCUT2D eigenvalue weighted by molar-refractivity contribution is 0.0357. The number of ether oxygens (including phenoxy) is 3. The highest BCUT2D eigenvalue weighted by Crippen LogP contribution is 2.33. The van der Waals surface area contributed by atoms with Crippen molar-refractivity contribution in [2.24, 2.45) is 0 Å². The van der Waals surface area contributed by atoms with Crippen LogP contribution in [0.1, 0.15) is 17.7 Å². The zero-order chi connectivity index (χ0) is 21.6. The van der Waals surface area contributed by atoms with Crippen LogP contribution in [0.4, 0.5) is 4.39 Å². The Balaban J connectivity index is 1.51. The highest BCUT2D eigenvalue weighted by molar-refractivity contribution is 6.30. The molecule has 0 aliphatic carbocycles. The highest BCUT2D eigenvalue weighted by atomic mass is 35.5. The zero-order valence-electron chi connectivity index (χ0n) is 17.4. The van der Waals surface area contributed by atoms with Crippen molar-refractivity contribution in [1.82, 2.24) is 14.9 Å². The molecule has 1 fully saturated rings. The average Bonchev–Trinajstić information content (AvgIpc) is 2.79. The second kappa shape index (κ2) is 10.2. The summed E-state index contributed by atoms with van der Waals surface area (Å²) in [7, 11) is 1.62. The quantitative estimate of drug-likeness (QED) is 0.486. The van der Waals surface area contributed by atoms with Gasteiger partial charge in [0, 0.05) is 37.5 Å². The topological polar surface area (TPSA) is 56.7 Å². The Labute approximate surface area is 185 Å². The van der Waals surface area contributed by atoms with Crippen LogP contribution >= 0.6 is 11.6 Å². The van der Waals surface area contributed by atoms with Gasteiger partial charge in [0.25, 0.3) is 0 Å². The number of nitrogens with zero attached hydrogens (tertiary/aromatic N) is 3. The van der Waals surface area contributed by atoms with Gasteiger partial charge in [-0.25, -0.2) is 14.4 Å². The molecule has 164 valence electrons. The average molecular weight is 446 g/mol. The molecule has 0 spiro atoms. The van der Waals surface area contributed by atoms with Crippen molar-refractivity contribution in [2.75, 3.05) is 46.6 Å². The van der Waals surface area contributed by atoms with E-state index in [1.807, 2.05) is 12.1 Å². The molecule has 0 N–H and O–H groups in total. The van der Waals surface area contributed by atoms with Crippen LogP contribution in [0.3, 0.4) is 0 Å². The molecule has 2 aromatic carbocycles. The van der Waals surface area contributed by atoms with E-state index in [1.54, 1.807) is 19.2 Å². The standard InChI is InChI=1S/C23H25ClFN3O3/c1-29-22-14-21-17(13-23(22)31-8-2-5-28-6-9-30-10-7-28)20(26-15-27-21)12-16-3-4-19(25)18(24)11-16/h3-4,11,13-15H,2,5-10,12H2,1H3. The molecule has 2 heterocycles. The Bertz CT molecular complexity index is 1040. The Morgan fingerprint density at radius 3 is 2.74 bits per heavy atom. The van der Waals surface area contributed by atoms with E-state index in [9.17, 15) is 4.39 Å². The summed E-state index contributed by atoms with van der Waals surface area (Å²) in [6.07, 6.45) is 2.93. The SMILES string of the molecule is COc1cc2ncnc(Cc3ccc(F)c(Cl)c3)c2cc1OCCCN1CCOCC1. The lowest BCUT2D eigenvalue weighted by Crippen LogP contribution is -2.37.